The molecular formula is C21H22ClN5O2S. The number of hydrogen-bond donors (Lipinski definition) is 1. The van der Waals surface area contributed by atoms with Crippen LogP contribution in [0.2, 0.25) is 5.02 Å². The number of carbonyl (C=O) groups is 1. The lowest BCUT2D eigenvalue weighted by atomic mass is 10.1. The second-order valence-corrected chi connectivity index (χ2v) is 7.69. The molecule has 30 heavy (non-hydrogen) atoms. The smallest absolute Gasteiger partial charge is 0.250 e. The van der Waals surface area contributed by atoms with Gasteiger partial charge < -0.3 is 9.30 Å². The van der Waals surface area contributed by atoms with Gasteiger partial charge in [0.1, 0.15) is 5.75 Å². The number of aromatic nitrogens is 3. The van der Waals surface area contributed by atoms with Gasteiger partial charge >= 0.3 is 0 Å². The van der Waals surface area contributed by atoms with Crippen molar-refractivity contribution in [3.05, 3.63) is 59.1 Å². The van der Waals surface area contributed by atoms with Gasteiger partial charge in [-0.15, -0.1) is 10.2 Å². The van der Waals surface area contributed by atoms with E-state index in [1.54, 1.807) is 7.11 Å². The zero-order chi connectivity index (χ0) is 21.5. The predicted octanol–water partition coefficient (Wildman–Crippen LogP) is 4.26. The van der Waals surface area contributed by atoms with Crippen LogP contribution in [0.4, 0.5) is 0 Å². The Bertz CT molecular complexity index is 1050. The maximum atomic E-state index is 12.3. The molecular weight excluding hydrogens is 422 g/mol. The van der Waals surface area contributed by atoms with Crippen molar-refractivity contribution in [1.82, 2.24) is 20.2 Å². The molecule has 0 bridgehead atoms. The van der Waals surface area contributed by atoms with E-state index in [1.165, 1.54) is 11.8 Å². The monoisotopic (exact) mass is 443 g/mol. The number of nitrogens with one attached hydrogen (secondary N) is 1. The fourth-order valence-corrected chi connectivity index (χ4v) is 3.63. The standard InChI is InChI=1S/C21H22ClN5O2S/c1-4-27-20(15-8-10-17(22)11-9-15)25-26-21(27)30-13-19(28)24-23-14(2)16-6-5-7-18(12-16)29-3/h5-12H,4,13H2,1-3H3,(H,24,28)/b23-14-. The molecule has 0 atom stereocenters. The first kappa shape index (κ1) is 21.9. The lowest BCUT2D eigenvalue weighted by molar-refractivity contribution is -0.118. The average molecular weight is 444 g/mol. The predicted molar refractivity (Wildman–Crippen MR) is 120 cm³/mol. The Morgan fingerprint density at radius 2 is 2.00 bits per heavy atom. The zero-order valence-corrected chi connectivity index (χ0v) is 18.5. The van der Waals surface area contributed by atoms with E-state index in [4.69, 9.17) is 16.3 Å². The summed E-state index contributed by atoms with van der Waals surface area (Å²) in [5, 5.41) is 14.0. The van der Waals surface area contributed by atoms with E-state index in [2.05, 4.69) is 20.7 Å². The molecule has 0 aliphatic carbocycles. The largest absolute Gasteiger partial charge is 0.497 e. The van der Waals surface area contributed by atoms with Crippen LogP contribution in [0.3, 0.4) is 0 Å². The summed E-state index contributed by atoms with van der Waals surface area (Å²) in [4.78, 5) is 12.3. The first-order valence-corrected chi connectivity index (χ1v) is 10.7. The summed E-state index contributed by atoms with van der Waals surface area (Å²) in [5.41, 5.74) is 5.07. The van der Waals surface area contributed by atoms with Gasteiger partial charge in [0.2, 0.25) is 0 Å². The maximum Gasteiger partial charge on any atom is 0.250 e. The van der Waals surface area contributed by atoms with Crippen LogP contribution in [0.15, 0.2) is 58.8 Å². The molecule has 0 unspecified atom stereocenters. The van der Waals surface area contributed by atoms with Gasteiger partial charge in [-0.25, -0.2) is 5.43 Å². The zero-order valence-electron chi connectivity index (χ0n) is 16.9. The molecule has 3 rings (SSSR count). The van der Waals surface area contributed by atoms with E-state index in [9.17, 15) is 4.79 Å². The fourth-order valence-electron chi connectivity index (χ4n) is 2.71. The minimum absolute atomic E-state index is 0.174. The Morgan fingerprint density at radius 3 is 2.70 bits per heavy atom. The topological polar surface area (TPSA) is 81.4 Å². The number of rotatable bonds is 8. The lowest BCUT2D eigenvalue weighted by Gasteiger charge is -2.07. The molecule has 156 valence electrons. The molecule has 1 heterocycles. The molecule has 0 saturated carbocycles. The Balaban J connectivity index is 1.62. The van der Waals surface area contributed by atoms with Gasteiger partial charge in [0, 0.05) is 22.7 Å². The van der Waals surface area contributed by atoms with Crippen LogP contribution in [0.1, 0.15) is 19.4 Å². The molecule has 2 aromatic carbocycles. The van der Waals surface area contributed by atoms with Crippen LogP contribution >= 0.6 is 23.4 Å². The first-order chi connectivity index (χ1) is 14.5. The molecule has 0 spiro atoms. The fraction of sp³-hybridized carbons (Fsp3) is 0.238. The van der Waals surface area contributed by atoms with Crippen LogP contribution in [0, 0.1) is 0 Å². The minimum Gasteiger partial charge on any atom is -0.497 e. The molecule has 1 N–H and O–H groups in total. The van der Waals surface area contributed by atoms with Crippen LogP contribution in [0.5, 0.6) is 5.75 Å². The molecule has 0 radical (unpaired) electrons. The van der Waals surface area contributed by atoms with Crippen LogP contribution in [0.25, 0.3) is 11.4 Å². The van der Waals surface area contributed by atoms with Gasteiger partial charge in [-0.1, -0.05) is 35.5 Å². The lowest BCUT2D eigenvalue weighted by Crippen LogP contribution is -2.21. The molecule has 9 heteroatoms. The van der Waals surface area contributed by atoms with E-state index >= 15 is 0 Å². The Morgan fingerprint density at radius 1 is 1.23 bits per heavy atom. The number of hydrogen-bond acceptors (Lipinski definition) is 6. The van der Waals surface area contributed by atoms with Crippen molar-refractivity contribution < 1.29 is 9.53 Å². The first-order valence-electron chi connectivity index (χ1n) is 9.31. The number of hydrazone groups is 1. The maximum absolute atomic E-state index is 12.3. The van der Waals surface area contributed by atoms with Crippen molar-refractivity contribution in [2.75, 3.05) is 12.9 Å². The van der Waals surface area contributed by atoms with Crippen molar-refractivity contribution in [3.63, 3.8) is 0 Å². The quantitative estimate of drug-likeness (QED) is 0.319. The number of benzene rings is 2. The molecule has 0 aliphatic heterocycles. The third-order valence-corrected chi connectivity index (χ3v) is 5.52. The Hall–Kier alpha value is -2.84. The highest BCUT2D eigenvalue weighted by Gasteiger charge is 2.14. The second kappa shape index (κ2) is 10.3. The Kier molecular flexibility index (Phi) is 7.48. The van der Waals surface area contributed by atoms with Crippen LogP contribution in [-0.4, -0.2) is 39.2 Å². The minimum atomic E-state index is -0.221. The van der Waals surface area contributed by atoms with Gasteiger partial charge in [-0.3, -0.25) is 4.79 Å². The van der Waals surface area contributed by atoms with E-state index in [-0.39, 0.29) is 11.7 Å². The van der Waals surface area contributed by atoms with Crippen molar-refractivity contribution in [2.24, 2.45) is 5.10 Å². The van der Waals surface area contributed by atoms with Crippen LogP contribution < -0.4 is 10.2 Å². The molecule has 3 aromatic rings. The summed E-state index contributed by atoms with van der Waals surface area (Å²) in [5.74, 6) is 1.43. The van der Waals surface area contributed by atoms with E-state index in [0.717, 1.165) is 22.7 Å². The van der Waals surface area contributed by atoms with Gasteiger partial charge in [-0.2, -0.15) is 5.10 Å². The molecule has 1 amide bonds. The summed E-state index contributed by atoms with van der Waals surface area (Å²) < 4.78 is 7.18. The number of halogens is 1. The second-order valence-electron chi connectivity index (χ2n) is 6.31. The number of amides is 1. The normalized spacial score (nSPS) is 11.4. The van der Waals surface area contributed by atoms with E-state index < -0.39 is 0 Å². The van der Waals surface area contributed by atoms with E-state index in [1.807, 2.05) is 66.9 Å². The number of methoxy groups -OCH3 is 1. The summed E-state index contributed by atoms with van der Waals surface area (Å²) >= 11 is 7.27. The number of ether oxygens (including phenoxy) is 1. The van der Waals surface area contributed by atoms with Gasteiger partial charge in [0.05, 0.1) is 18.6 Å². The van der Waals surface area contributed by atoms with Gasteiger partial charge in [0.15, 0.2) is 11.0 Å². The third-order valence-electron chi connectivity index (χ3n) is 4.30. The van der Waals surface area contributed by atoms with E-state index in [0.29, 0.717) is 22.4 Å². The Labute approximate surface area is 184 Å². The van der Waals surface area contributed by atoms with Crippen LogP contribution in [-0.2, 0) is 11.3 Å². The highest BCUT2D eigenvalue weighted by atomic mass is 35.5. The van der Waals surface area contributed by atoms with Gasteiger partial charge in [0.25, 0.3) is 5.91 Å². The molecule has 0 fully saturated rings. The highest BCUT2D eigenvalue weighted by molar-refractivity contribution is 7.99. The number of thioether (sulfide) groups is 1. The average Bonchev–Trinajstić information content (AvgIpc) is 3.19. The van der Waals surface area contributed by atoms with Gasteiger partial charge in [-0.05, 0) is 50.2 Å². The third kappa shape index (κ3) is 5.40. The molecule has 0 saturated heterocycles. The number of carbonyl (C=O) groups excluding carboxylic acids is 1. The number of nitrogens with zero attached hydrogens (tertiary/aromatic N) is 4. The van der Waals surface area contributed by atoms with Crippen molar-refractivity contribution in [3.8, 4) is 17.1 Å². The SMILES string of the molecule is CCn1c(SCC(=O)N/N=C(/C)c2cccc(OC)c2)nnc1-c1ccc(Cl)cc1. The van der Waals surface area contributed by atoms with Crippen molar-refractivity contribution >= 4 is 35.0 Å². The molecule has 7 nitrogen and oxygen atoms in total. The molecule has 0 aliphatic rings. The summed E-state index contributed by atoms with van der Waals surface area (Å²) in [6.45, 7) is 4.52. The summed E-state index contributed by atoms with van der Waals surface area (Å²) in [7, 11) is 1.61. The summed E-state index contributed by atoms with van der Waals surface area (Å²) in [6.07, 6.45) is 0. The van der Waals surface area contributed by atoms with Crippen molar-refractivity contribution in [1.29, 1.82) is 0 Å². The highest BCUT2D eigenvalue weighted by Crippen LogP contribution is 2.25. The summed E-state index contributed by atoms with van der Waals surface area (Å²) in [6, 6.07) is 14.9. The van der Waals surface area contributed by atoms with Crippen molar-refractivity contribution in [2.45, 2.75) is 25.5 Å². The molecule has 1 aromatic heterocycles.